The van der Waals surface area contributed by atoms with Gasteiger partial charge in [0.15, 0.2) is 0 Å². The highest BCUT2D eigenvalue weighted by molar-refractivity contribution is 5.30. The molecule has 1 aliphatic rings. The molecule has 106 valence electrons. The summed E-state index contributed by atoms with van der Waals surface area (Å²) >= 11 is 0. The molecule has 0 saturated carbocycles. The average Bonchev–Trinajstić information content (AvgIpc) is 2.38. The third-order valence-electron chi connectivity index (χ3n) is 4.63. The second-order valence-electron chi connectivity index (χ2n) is 5.99. The molecule has 1 saturated heterocycles. The van der Waals surface area contributed by atoms with Gasteiger partial charge in [0.25, 0.3) is 0 Å². The Morgan fingerprint density at radius 3 is 2.74 bits per heavy atom. The molecule has 0 spiro atoms. The topological polar surface area (TPSA) is 29.3 Å². The number of likely N-dealkylation sites (tertiary alicyclic amines) is 1. The lowest BCUT2D eigenvalue weighted by Crippen LogP contribution is -2.43. The van der Waals surface area contributed by atoms with Gasteiger partial charge in [-0.1, -0.05) is 19.9 Å². The summed E-state index contributed by atoms with van der Waals surface area (Å²) in [4.78, 5) is 2.42. The predicted molar refractivity (Wildman–Crippen MR) is 77.5 cm³/mol. The fraction of sp³-hybridized carbons (Fsp3) is 0.625. The molecule has 0 aliphatic carbocycles. The van der Waals surface area contributed by atoms with E-state index in [0.29, 0.717) is 12.5 Å². The summed E-state index contributed by atoms with van der Waals surface area (Å²) in [6, 6.07) is 5.16. The van der Waals surface area contributed by atoms with Crippen molar-refractivity contribution in [1.82, 2.24) is 4.90 Å². The molecule has 1 heterocycles. The van der Waals surface area contributed by atoms with E-state index in [1.807, 2.05) is 13.0 Å². The van der Waals surface area contributed by atoms with Crippen molar-refractivity contribution in [2.75, 3.05) is 19.6 Å². The number of rotatable bonds is 3. The van der Waals surface area contributed by atoms with Crippen LogP contribution in [0.2, 0.25) is 0 Å². The lowest BCUT2D eigenvalue weighted by molar-refractivity contribution is 0.0979. The van der Waals surface area contributed by atoms with E-state index in [1.165, 1.54) is 12.5 Å². The van der Waals surface area contributed by atoms with Gasteiger partial charge in [-0.3, -0.25) is 4.90 Å². The monoisotopic (exact) mass is 264 g/mol. The van der Waals surface area contributed by atoms with E-state index in [9.17, 15) is 4.39 Å². The molecular weight excluding hydrogens is 239 g/mol. The fourth-order valence-corrected chi connectivity index (χ4v) is 3.02. The van der Waals surface area contributed by atoms with Crippen molar-refractivity contribution in [1.29, 1.82) is 0 Å². The Balaban J connectivity index is 2.22. The molecule has 3 atom stereocenters. The summed E-state index contributed by atoms with van der Waals surface area (Å²) in [5.41, 5.74) is 8.14. The Morgan fingerprint density at radius 1 is 1.37 bits per heavy atom. The first kappa shape index (κ1) is 14.5. The average molecular weight is 264 g/mol. The first-order valence-electron chi connectivity index (χ1n) is 7.23. The summed E-state index contributed by atoms with van der Waals surface area (Å²) < 4.78 is 13.5. The van der Waals surface area contributed by atoms with Crippen LogP contribution in [-0.2, 0) is 0 Å². The predicted octanol–water partition coefficient (Wildman–Crippen LogP) is 3.11. The van der Waals surface area contributed by atoms with E-state index in [0.717, 1.165) is 30.1 Å². The Labute approximate surface area is 115 Å². The number of nitrogens with zero attached hydrogens (tertiary/aromatic N) is 1. The quantitative estimate of drug-likeness (QED) is 0.909. The zero-order valence-electron chi connectivity index (χ0n) is 12.2. The van der Waals surface area contributed by atoms with Gasteiger partial charge in [-0.25, -0.2) is 4.39 Å². The molecule has 19 heavy (non-hydrogen) atoms. The normalized spacial score (nSPS) is 26.4. The summed E-state index contributed by atoms with van der Waals surface area (Å²) in [6.45, 7) is 9.30. The summed E-state index contributed by atoms with van der Waals surface area (Å²) in [6.07, 6.45) is 1.20. The molecule has 1 aliphatic heterocycles. The van der Waals surface area contributed by atoms with Crippen LogP contribution in [-0.4, -0.2) is 24.5 Å². The van der Waals surface area contributed by atoms with E-state index < -0.39 is 0 Å². The van der Waals surface area contributed by atoms with Crippen LogP contribution < -0.4 is 5.73 Å². The van der Waals surface area contributed by atoms with Gasteiger partial charge in [0.2, 0.25) is 0 Å². The van der Waals surface area contributed by atoms with Crippen molar-refractivity contribution < 1.29 is 4.39 Å². The molecule has 1 aromatic carbocycles. The van der Waals surface area contributed by atoms with Gasteiger partial charge in [-0.05, 0) is 55.0 Å². The number of nitrogens with two attached hydrogens (primary N) is 1. The maximum absolute atomic E-state index is 13.5. The molecule has 1 aromatic rings. The van der Waals surface area contributed by atoms with Crippen LogP contribution in [0.1, 0.15) is 37.4 Å². The Morgan fingerprint density at radius 2 is 2.11 bits per heavy atom. The highest BCUT2D eigenvalue weighted by Crippen LogP contribution is 2.30. The zero-order valence-corrected chi connectivity index (χ0v) is 12.2. The Bertz CT molecular complexity index is 433. The van der Waals surface area contributed by atoms with E-state index >= 15 is 0 Å². The van der Waals surface area contributed by atoms with Gasteiger partial charge in [-0.2, -0.15) is 0 Å². The minimum Gasteiger partial charge on any atom is -0.329 e. The number of benzene rings is 1. The van der Waals surface area contributed by atoms with Crippen molar-refractivity contribution in [3.05, 3.63) is 35.1 Å². The third-order valence-corrected chi connectivity index (χ3v) is 4.63. The lowest BCUT2D eigenvalue weighted by atomic mass is 9.87. The van der Waals surface area contributed by atoms with E-state index in [2.05, 4.69) is 18.7 Å². The minimum atomic E-state index is -0.169. The van der Waals surface area contributed by atoms with Crippen molar-refractivity contribution in [2.45, 2.75) is 33.2 Å². The zero-order chi connectivity index (χ0) is 14.0. The smallest absolute Gasteiger partial charge is 0.123 e. The van der Waals surface area contributed by atoms with E-state index in [1.54, 1.807) is 6.07 Å². The fourth-order valence-electron chi connectivity index (χ4n) is 3.02. The SMILES string of the molecule is Cc1ccc(F)cc1C(CN)N1CCC(C)C(C)C1. The van der Waals surface area contributed by atoms with Crippen molar-refractivity contribution in [2.24, 2.45) is 17.6 Å². The molecule has 2 nitrogen and oxygen atoms in total. The van der Waals surface area contributed by atoms with Crippen molar-refractivity contribution >= 4 is 0 Å². The first-order chi connectivity index (χ1) is 9.02. The number of hydrogen-bond acceptors (Lipinski definition) is 2. The van der Waals surface area contributed by atoms with Crippen LogP contribution in [0.15, 0.2) is 18.2 Å². The molecule has 1 fully saturated rings. The van der Waals surface area contributed by atoms with Gasteiger partial charge in [-0.15, -0.1) is 0 Å². The number of hydrogen-bond donors (Lipinski definition) is 1. The Hall–Kier alpha value is -0.930. The van der Waals surface area contributed by atoms with Crippen molar-refractivity contribution in [3.8, 4) is 0 Å². The lowest BCUT2D eigenvalue weighted by Gasteiger charge is -2.40. The van der Waals surface area contributed by atoms with Crippen LogP contribution in [0.5, 0.6) is 0 Å². The van der Waals surface area contributed by atoms with E-state index in [-0.39, 0.29) is 11.9 Å². The highest BCUT2D eigenvalue weighted by atomic mass is 19.1. The maximum atomic E-state index is 13.5. The van der Waals surface area contributed by atoms with Gasteiger partial charge in [0.1, 0.15) is 5.82 Å². The number of piperidine rings is 1. The molecule has 0 radical (unpaired) electrons. The molecule has 2 rings (SSSR count). The van der Waals surface area contributed by atoms with E-state index in [4.69, 9.17) is 5.73 Å². The standard InChI is InChI=1S/C16H25FN2/c1-11-6-7-19(10-13(11)3)16(9-18)15-8-14(17)5-4-12(15)2/h4-5,8,11,13,16H,6-7,9-10,18H2,1-3H3. The summed E-state index contributed by atoms with van der Waals surface area (Å²) in [7, 11) is 0. The molecule has 2 N–H and O–H groups in total. The highest BCUT2D eigenvalue weighted by Gasteiger charge is 2.28. The number of aryl methyl sites for hydroxylation is 1. The number of halogens is 1. The van der Waals surface area contributed by atoms with Gasteiger partial charge in [0.05, 0.1) is 0 Å². The van der Waals surface area contributed by atoms with Gasteiger partial charge >= 0.3 is 0 Å². The van der Waals surface area contributed by atoms with Crippen LogP contribution in [0.3, 0.4) is 0 Å². The molecular formula is C16H25FN2. The van der Waals surface area contributed by atoms with Crippen LogP contribution >= 0.6 is 0 Å². The van der Waals surface area contributed by atoms with Crippen LogP contribution in [0, 0.1) is 24.6 Å². The minimum absolute atomic E-state index is 0.144. The molecule has 0 amide bonds. The largest absolute Gasteiger partial charge is 0.329 e. The molecule has 3 heteroatoms. The Kier molecular flexibility index (Phi) is 4.58. The second-order valence-corrected chi connectivity index (χ2v) is 5.99. The maximum Gasteiger partial charge on any atom is 0.123 e. The second kappa shape index (κ2) is 6.02. The van der Waals surface area contributed by atoms with Gasteiger partial charge < -0.3 is 5.73 Å². The van der Waals surface area contributed by atoms with Crippen molar-refractivity contribution in [3.63, 3.8) is 0 Å². The summed E-state index contributed by atoms with van der Waals surface area (Å²) in [5.74, 6) is 1.28. The molecule has 0 aromatic heterocycles. The van der Waals surface area contributed by atoms with Gasteiger partial charge in [0, 0.05) is 19.1 Å². The third kappa shape index (κ3) is 3.15. The first-order valence-corrected chi connectivity index (χ1v) is 7.23. The molecule has 0 bridgehead atoms. The van der Waals surface area contributed by atoms with Crippen LogP contribution in [0.4, 0.5) is 4.39 Å². The summed E-state index contributed by atoms with van der Waals surface area (Å²) in [5, 5.41) is 0. The van der Waals surface area contributed by atoms with Crippen LogP contribution in [0.25, 0.3) is 0 Å². The molecule has 3 unspecified atom stereocenters.